The Morgan fingerprint density at radius 2 is 1.56 bits per heavy atom. The molecule has 1 N–H and O–H groups in total. The second-order valence-corrected chi connectivity index (χ2v) is 11.2. The molecule has 161 valence electrons. The molecular weight excluding hydrogens is 358 g/mol. The summed E-state index contributed by atoms with van der Waals surface area (Å²) in [6, 6.07) is 0.743. The van der Waals surface area contributed by atoms with E-state index < -0.39 is 8.80 Å². The largest absolute Gasteiger partial charge is 0.500 e. The van der Waals surface area contributed by atoms with Gasteiger partial charge in [-0.3, -0.25) is 4.79 Å². The summed E-state index contributed by atoms with van der Waals surface area (Å²) in [5.41, 5.74) is -0.0197. The van der Waals surface area contributed by atoms with Gasteiger partial charge in [-0.25, -0.2) is 0 Å². The summed E-state index contributed by atoms with van der Waals surface area (Å²) in [7, 11) is 2.36. The van der Waals surface area contributed by atoms with Crippen LogP contribution in [0.5, 0.6) is 0 Å². The predicted molar refractivity (Wildman–Crippen MR) is 115 cm³/mol. The molecule has 0 aliphatic rings. The third kappa shape index (κ3) is 13.4. The molecule has 0 spiro atoms. The predicted octanol–water partition coefficient (Wildman–Crippen LogP) is 5.13. The van der Waals surface area contributed by atoms with Crippen molar-refractivity contribution in [1.82, 2.24) is 5.32 Å². The highest BCUT2D eigenvalue weighted by Gasteiger charge is 2.39. The van der Waals surface area contributed by atoms with Crippen molar-refractivity contribution in [2.75, 3.05) is 27.9 Å². The lowest BCUT2D eigenvalue weighted by molar-refractivity contribution is -0.121. The minimum Gasteiger partial charge on any atom is -0.377 e. The highest BCUT2D eigenvalue weighted by Crippen LogP contribution is 2.27. The molecule has 1 radical (unpaired) electrons. The van der Waals surface area contributed by atoms with Crippen LogP contribution in [0.4, 0.5) is 0 Å². The van der Waals surface area contributed by atoms with E-state index in [2.05, 4.69) is 32.5 Å². The Morgan fingerprint density at radius 3 is 2.15 bits per heavy atom. The zero-order valence-corrected chi connectivity index (χ0v) is 19.7. The molecule has 0 saturated heterocycles. The number of hydrogen-bond acceptors (Lipinski definition) is 4. The molecule has 6 heteroatoms. The van der Waals surface area contributed by atoms with Crippen LogP contribution in [-0.2, 0) is 18.1 Å². The molecule has 0 aromatic carbocycles. The molecule has 1 amide bonds. The van der Waals surface area contributed by atoms with Gasteiger partial charge in [0.25, 0.3) is 0 Å². The van der Waals surface area contributed by atoms with Crippen LogP contribution in [0.2, 0.25) is 6.04 Å². The molecule has 5 nitrogen and oxygen atoms in total. The Hall–Kier alpha value is -0.433. The fraction of sp³-hybridized carbons (Fsp3) is 0.905. The number of hydrogen-bond donors (Lipinski definition) is 1. The van der Waals surface area contributed by atoms with Crippen molar-refractivity contribution >= 4 is 14.7 Å². The third-order valence-corrected chi connectivity index (χ3v) is 7.86. The molecule has 0 aromatic rings. The molecule has 27 heavy (non-hydrogen) atoms. The van der Waals surface area contributed by atoms with Crippen molar-refractivity contribution in [3.05, 3.63) is 6.42 Å². The number of carbonyl (C=O) groups is 1. The second kappa shape index (κ2) is 15.5. The smallest absolute Gasteiger partial charge is 0.377 e. The van der Waals surface area contributed by atoms with Gasteiger partial charge in [0.15, 0.2) is 0 Å². The van der Waals surface area contributed by atoms with Gasteiger partial charge >= 0.3 is 8.80 Å². The Morgan fingerprint density at radius 1 is 0.963 bits per heavy atom. The van der Waals surface area contributed by atoms with Gasteiger partial charge in [0, 0.05) is 40.3 Å². The summed E-state index contributed by atoms with van der Waals surface area (Å²) in [6.07, 6.45) is 13.6. The van der Waals surface area contributed by atoms with Crippen molar-refractivity contribution in [2.45, 2.75) is 91.0 Å². The summed E-state index contributed by atoms with van der Waals surface area (Å²) in [5.74, 6) is 0.146. The van der Waals surface area contributed by atoms with E-state index in [4.69, 9.17) is 13.3 Å². The first-order valence-electron chi connectivity index (χ1n) is 10.6. The summed E-state index contributed by atoms with van der Waals surface area (Å²) in [5, 5.41) is 3.08. The first-order chi connectivity index (χ1) is 12.8. The first kappa shape index (κ1) is 26.6. The SMILES string of the molecule is CCCCCCC[CH]CCCC(=O)NCC(C)(C)CC[Si](OC)(OC)OC. The quantitative estimate of drug-likeness (QED) is 0.255. The zero-order valence-electron chi connectivity index (χ0n) is 18.7. The maximum absolute atomic E-state index is 12.1. The van der Waals surface area contributed by atoms with E-state index in [9.17, 15) is 4.79 Å². The average molecular weight is 403 g/mol. The summed E-state index contributed by atoms with van der Waals surface area (Å²) in [4.78, 5) is 12.1. The van der Waals surface area contributed by atoms with E-state index >= 15 is 0 Å². The second-order valence-electron chi connectivity index (χ2n) is 8.12. The van der Waals surface area contributed by atoms with Crippen LogP contribution in [-0.4, -0.2) is 42.6 Å². The van der Waals surface area contributed by atoms with Crippen LogP contribution in [0.15, 0.2) is 0 Å². The Bertz CT molecular complexity index is 365. The van der Waals surface area contributed by atoms with Crippen LogP contribution in [0.1, 0.15) is 85.0 Å². The lowest BCUT2D eigenvalue weighted by Crippen LogP contribution is -2.44. The molecular formula is C21H44NO4Si. The van der Waals surface area contributed by atoms with Crippen LogP contribution >= 0.6 is 0 Å². The van der Waals surface area contributed by atoms with E-state index in [-0.39, 0.29) is 11.3 Å². The highest BCUT2D eigenvalue weighted by atomic mass is 28.4. The molecule has 0 saturated carbocycles. The molecule has 0 unspecified atom stereocenters. The van der Waals surface area contributed by atoms with E-state index in [0.29, 0.717) is 13.0 Å². The Kier molecular flexibility index (Phi) is 15.2. The standard InChI is InChI=1S/C21H44NO4Si/c1-7-8-9-10-11-12-13-14-15-16-20(23)22-19-21(2,3)17-18-27(24-4,25-5)26-6/h13H,7-12,14-19H2,1-6H3,(H,22,23). The molecule has 0 aliphatic heterocycles. The number of nitrogens with one attached hydrogen (secondary N) is 1. The summed E-state index contributed by atoms with van der Waals surface area (Å²) in [6.45, 7) is 7.21. The van der Waals surface area contributed by atoms with Crippen LogP contribution in [0.3, 0.4) is 0 Å². The van der Waals surface area contributed by atoms with Gasteiger partial charge in [-0.2, -0.15) is 0 Å². The maximum atomic E-state index is 12.1. The first-order valence-corrected chi connectivity index (χ1v) is 12.5. The van der Waals surface area contributed by atoms with Gasteiger partial charge in [0.05, 0.1) is 0 Å². The molecule has 0 aliphatic carbocycles. The molecule has 0 heterocycles. The van der Waals surface area contributed by atoms with Crippen molar-refractivity contribution in [3.8, 4) is 0 Å². The topological polar surface area (TPSA) is 56.8 Å². The van der Waals surface area contributed by atoms with Crippen molar-refractivity contribution in [3.63, 3.8) is 0 Å². The molecule has 0 atom stereocenters. The summed E-state index contributed by atoms with van der Waals surface area (Å²) >= 11 is 0. The average Bonchev–Trinajstić information content (AvgIpc) is 2.67. The number of carbonyl (C=O) groups excluding carboxylic acids is 1. The lowest BCUT2D eigenvalue weighted by Gasteiger charge is -2.30. The summed E-state index contributed by atoms with van der Waals surface area (Å²) < 4.78 is 16.4. The number of rotatable bonds is 18. The van der Waals surface area contributed by atoms with Crippen LogP contribution < -0.4 is 5.32 Å². The maximum Gasteiger partial charge on any atom is 0.500 e. The van der Waals surface area contributed by atoms with Gasteiger partial charge in [-0.15, -0.1) is 0 Å². The normalized spacial score (nSPS) is 12.4. The van der Waals surface area contributed by atoms with Crippen molar-refractivity contribution in [1.29, 1.82) is 0 Å². The van der Waals surface area contributed by atoms with E-state index in [1.165, 1.54) is 38.5 Å². The number of amides is 1. The highest BCUT2D eigenvalue weighted by molar-refractivity contribution is 6.60. The van der Waals surface area contributed by atoms with Crippen LogP contribution in [0, 0.1) is 11.8 Å². The Labute approximate surface area is 169 Å². The van der Waals surface area contributed by atoms with Gasteiger partial charge in [-0.05, 0) is 31.1 Å². The van der Waals surface area contributed by atoms with Gasteiger partial charge in [0.1, 0.15) is 0 Å². The zero-order chi connectivity index (χ0) is 20.6. The molecule has 0 rings (SSSR count). The fourth-order valence-electron chi connectivity index (χ4n) is 3.01. The van der Waals surface area contributed by atoms with Crippen LogP contribution in [0.25, 0.3) is 0 Å². The molecule has 0 bridgehead atoms. The van der Waals surface area contributed by atoms with E-state index in [1.54, 1.807) is 21.3 Å². The van der Waals surface area contributed by atoms with Crippen molar-refractivity contribution < 1.29 is 18.1 Å². The van der Waals surface area contributed by atoms with Crippen molar-refractivity contribution in [2.24, 2.45) is 5.41 Å². The molecule has 0 fully saturated rings. The fourth-order valence-corrected chi connectivity index (χ4v) is 5.10. The number of unbranched alkanes of at least 4 members (excludes halogenated alkanes) is 8. The monoisotopic (exact) mass is 402 g/mol. The van der Waals surface area contributed by atoms with Gasteiger partial charge in [0.2, 0.25) is 5.91 Å². The lowest BCUT2D eigenvalue weighted by atomic mass is 9.90. The minimum atomic E-state index is -2.55. The van der Waals surface area contributed by atoms with E-state index in [0.717, 1.165) is 25.3 Å². The third-order valence-electron chi connectivity index (χ3n) is 5.13. The van der Waals surface area contributed by atoms with Gasteiger partial charge < -0.3 is 18.6 Å². The van der Waals surface area contributed by atoms with Gasteiger partial charge in [-0.1, -0.05) is 59.3 Å². The minimum absolute atomic E-state index is 0.0197. The Balaban J connectivity index is 3.83. The molecule has 0 aromatic heterocycles. The van der Waals surface area contributed by atoms with E-state index in [1.807, 2.05) is 0 Å².